The first kappa shape index (κ1) is 18.4. The maximum Gasteiger partial charge on any atom is 0.417 e. The van der Waals surface area contributed by atoms with Gasteiger partial charge in [-0.25, -0.2) is 9.97 Å². The summed E-state index contributed by atoms with van der Waals surface area (Å²) in [5, 5.41) is 2.35. The highest BCUT2D eigenvalue weighted by Gasteiger charge is 2.33. The molecule has 2 aromatic rings. The van der Waals surface area contributed by atoms with Gasteiger partial charge in [0.25, 0.3) is 5.91 Å². The van der Waals surface area contributed by atoms with Gasteiger partial charge in [-0.1, -0.05) is 11.6 Å². The van der Waals surface area contributed by atoms with E-state index in [0.29, 0.717) is 13.1 Å². The quantitative estimate of drug-likeness (QED) is 0.845. The van der Waals surface area contributed by atoms with Gasteiger partial charge in [-0.2, -0.15) is 13.2 Å². The summed E-state index contributed by atoms with van der Waals surface area (Å²) in [4.78, 5) is 22.2. The summed E-state index contributed by atoms with van der Waals surface area (Å²) < 4.78 is 38.7. The lowest BCUT2D eigenvalue weighted by Crippen LogP contribution is -2.36. The molecule has 1 aromatic carbocycles. The molecule has 1 saturated heterocycles. The first-order chi connectivity index (χ1) is 12.3. The van der Waals surface area contributed by atoms with Crippen molar-refractivity contribution in [2.45, 2.75) is 25.4 Å². The molecule has 0 aliphatic carbocycles. The molecule has 0 atom stereocenters. The van der Waals surface area contributed by atoms with E-state index in [1.54, 1.807) is 4.90 Å². The average Bonchev–Trinajstić information content (AvgIpc) is 2.63. The third-order valence-electron chi connectivity index (χ3n) is 4.06. The van der Waals surface area contributed by atoms with E-state index >= 15 is 0 Å². The third-order valence-corrected chi connectivity index (χ3v) is 4.39. The van der Waals surface area contributed by atoms with Gasteiger partial charge < -0.3 is 10.2 Å². The van der Waals surface area contributed by atoms with E-state index < -0.39 is 11.7 Å². The van der Waals surface area contributed by atoms with Crippen LogP contribution in [0, 0.1) is 0 Å². The molecule has 0 radical (unpaired) electrons. The van der Waals surface area contributed by atoms with Gasteiger partial charge in [-0.05, 0) is 37.5 Å². The second kappa shape index (κ2) is 7.49. The van der Waals surface area contributed by atoms with E-state index in [1.165, 1.54) is 18.5 Å². The number of alkyl halides is 3. The van der Waals surface area contributed by atoms with E-state index in [0.717, 1.165) is 31.4 Å². The number of piperidine rings is 1. The molecule has 0 saturated carbocycles. The summed E-state index contributed by atoms with van der Waals surface area (Å²) in [7, 11) is 0. The Bertz CT molecular complexity index is 790. The van der Waals surface area contributed by atoms with Gasteiger partial charge in [0.05, 0.1) is 23.0 Å². The molecular weight excluding hydrogens is 369 g/mol. The first-order valence-corrected chi connectivity index (χ1v) is 8.47. The predicted octanol–water partition coefficient (Wildman–Crippen LogP) is 4.52. The minimum Gasteiger partial charge on any atom is -0.339 e. The number of benzene rings is 1. The van der Waals surface area contributed by atoms with Crippen molar-refractivity contribution < 1.29 is 18.0 Å². The van der Waals surface area contributed by atoms with Crippen molar-refractivity contribution in [2.75, 3.05) is 18.4 Å². The molecule has 1 fully saturated rings. The molecule has 138 valence electrons. The van der Waals surface area contributed by atoms with Crippen LogP contribution in [0.15, 0.2) is 30.6 Å². The number of carbonyl (C=O) groups excluding carboxylic acids is 1. The van der Waals surface area contributed by atoms with Crippen molar-refractivity contribution in [3.8, 4) is 0 Å². The van der Waals surface area contributed by atoms with Crippen LogP contribution >= 0.6 is 11.6 Å². The molecule has 26 heavy (non-hydrogen) atoms. The highest BCUT2D eigenvalue weighted by molar-refractivity contribution is 6.31. The Balaban J connectivity index is 1.72. The molecule has 0 spiro atoms. The summed E-state index contributed by atoms with van der Waals surface area (Å²) in [6.07, 6.45) is 1.14. The van der Waals surface area contributed by atoms with Gasteiger partial charge in [-0.15, -0.1) is 0 Å². The molecule has 3 rings (SSSR count). The topological polar surface area (TPSA) is 58.1 Å². The first-order valence-electron chi connectivity index (χ1n) is 8.10. The second-order valence-electron chi connectivity index (χ2n) is 5.96. The molecule has 1 aliphatic rings. The van der Waals surface area contributed by atoms with Crippen molar-refractivity contribution in [1.82, 2.24) is 14.9 Å². The zero-order chi connectivity index (χ0) is 18.7. The number of amides is 1. The smallest absolute Gasteiger partial charge is 0.339 e. The SMILES string of the molecule is O=C(c1cnc(Nc2ccc(Cl)c(C(F)(F)F)c2)cn1)N1CCCCC1. The van der Waals surface area contributed by atoms with Gasteiger partial charge in [-0.3, -0.25) is 4.79 Å². The average molecular weight is 385 g/mol. The summed E-state index contributed by atoms with van der Waals surface area (Å²) >= 11 is 5.60. The van der Waals surface area contributed by atoms with Crippen LogP contribution in [-0.4, -0.2) is 33.9 Å². The van der Waals surface area contributed by atoms with Gasteiger partial charge in [0, 0.05) is 18.8 Å². The highest BCUT2D eigenvalue weighted by atomic mass is 35.5. The molecule has 0 bridgehead atoms. The number of hydrogen-bond donors (Lipinski definition) is 1. The Morgan fingerprint density at radius 1 is 1.12 bits per heavy atom. The van der Waals surface area contributed by atoms with E-state index in [4.69, 9.17) is 11.6 Å². The second-order valence-corrected chi connectivity index (χ2v) is 6.36. The summed E-state index contributed by atoms with van der Waals surface area (Å²) in [5.41, 5.74) is -0.551. The Labute approximate surface area is 153 Å². The third kappa shape index (κ3) is 4.24. The van der Waals surface area contributed by atoms with Gasteiger partial charge in [0.1, 0.15) is 11.5 Å². The Kier molecular flexibility index (Phi) is 5.31. The number of nitrogens with one attached hydrogen (secondary N) is 1. The maximum absolute atomic E-state index is 12.9. The van der Waals surface area contributed by atoms with Crippen LogP contribution in [0.25, 0.3) is 0 Å². The maximum atomic E-state index is 12.9. The Morgan fingerprint density at radius 3 is 2.46 bits per heavy atom. The van der Waals surface area contributed by atoms with E-state index in [1.807, 2.05) is 0 Å². The standard InChI is InChI=1S/C17H16ClF3N4O/c18-13-5-4-11(8-12(13)17(19,20)21)24-15-10-22-14(9-23-15)16(26)25-6-2-1-3-7-25/h4-5,8-10H,1-3,6-7H2,(H,23,24). The van der Waals surface area contributed by atoms with E-state index in [9.17, 15) is 18.0 Å². The molecule has 1 aliphatic heterocycles. The van der Waals surface area contributed by atoms with Gasteiger partial charge in [0.15, 0.2) is 0 Å². The lowest BCUT2D eigenvalue weighted by Gasteiger charge is -2.26. The van der Waals surface area contributed by atoms with Crippen molar-refractivity contribution in [3.05, 3.63) is 46.9 Å². The van der Waals surface area contributed by atoms with Crippen LogP contribution in [-0.2, 0) is 6.18 Å². The molecule has 1 amide bonds. The lowest BCUT2D eigenvalue weighted by molar-refractivity contribution is -0.137. The number of carbonyl (C=O) groups is 1. The van der Waals surface area contributed by atoms with Crippen molar-refractivity contribution in [3.63, 3.8) is 0 Å². The van der Waals surface area contributed by atoms with Crippen LogP contribution in [0.5, 0.6) is 0 Å². The monoisotopic (exact) mass is 384 g/mol. The number of nitrogens with zero attached hydrogens (tertiary/aromatic N) is 3. The van der Waals surface area contributed by atoms with Crippen LogP contribution in [0.1, 0.15) is 35.3 Å². The lowest BCUT2D eigenvalue weighted by atomic mass is 10.1. The van der Waals surface area contributed by atoms with Crippen molar-refractivity contribution in [2.24, 2.45) is 0 Å². The molecule has 2 heterocycles. The summed E-state index contributed by atoms with van der Waals surface area (Å²) in [6, 6.07) is 3.47. The van der Waals surface area contributed by atoms with Crippen molar-refractivity contribution >= 4 is 29.0 Å². The fourth-order valence-corrected chi connectivity index (χ4v) is 2.95. The van der Waals surface area contributed by atoms with Crippen LogP contribution in [0.3, 0.4) is 0 Å². The van der Waals surface area contributed by atoms with Crippen LogP contribution in [0.4, 0.5) is 24.7 Å². The highest BCUT2D eigenvalue weighted by Crippen LogP contribution is 2.36. The fraction of sp³-hybridized carbons (Fsp3) is 0.353. The zero-order valence-corrected chi connectivity index (χ0v) is 14.4. The number of hydrogen-bond acceptors (Lipinski definition) is 4. The predicted molar refractivity (Wildman–Crippen MR) is 91.5 cm³/mol. The number of rotatable bonds is 3. The summed E-state index contributed by atoms with van der Waals surface area (Å²) in [6.45, 7) is 1.40. The summed E-state index contributed by atoms with van der Waals surface area (Å²) in [5.74, 6) is 0.0465. The number of aromatic nitrogens is 2. The zero-order valence-electron chi connectivity index (χ0n) is 13.7. The fourth-order valence-electron chi connectivity index (χ4n) is 2.73. The Morgan fingerprint density at radius 2 is 1.85 bits per heavy atom. The number of halogens is 4. The molecule has 0 unspecified atom stereocenters. The Hall–Kier alpha value is -2.35. The molecule has 1 aromatic heterocycles. The molecule has 9 heteroatoms. The largest absolute Gasteiger partial charge is 0.417 e. The molecular formula is C17H16ClF3N4O. The van der Waals surface area contributed by atoms with Crippen LogP contribution < -0.4 is 5.32 Å². The normalized spacial score (nSPS) is 15.0. The number of anilines is 2. The molecule has 5 nitrogen and oxygen atoms in total. The van der Waals surface area contributed by atoms with Crippen molar-refractivity contribution in [1.29, 1.82) is 0 Å². The molecule has 1 N–H and O–H groups in total. The van der Waals surface area contributed by atoms with Crippen LogP contribution in [0.2, 0.25) is 5.02 Å². The van der Waals surface area contributed by atoms with E-state index in [2.05, 4.69) is 15.3 Å². The minimum atomic E-state index is -4.55. The van der Waals surface area contributed by atoms with Gasteiger partial charge in [0.2, 0.25) is 0 Å². The number of likely N-dealkylation sites (tertiary alicyclic amines) is 1. The minimum absolute atomic E-state index is 0.172. The van der Waals surface area contributed by atoms with Gasteiger partial charge >= 0.3 is 6.18 Å². The van der Waals surface area contributed by atoms with E-state index in [-0.39, 0.29) is 28.1 Å².